The second-order valence-corrected chi connectivity index (χ2v) is 7.08. The Kier molecular flexibility index (Phi) is 15.8. The third kappa shape index (κ3) is 9.50. The average Bonchev–Trinajstić information content (AvgIpc) is 3.63. The number of fused-ring (bicyclic) bond motifs is 3. The van der Waals surface area contributed by atoms with Crippen LogP contribution >= 0.6 is 0 Å². The van der Waals surface area contributed by atoms with Gasteiger partial charge in [0.15, 0.2) is 13.1 Å². The molecule has 0 bridgehead atoms. The lowest BCUT2D eigenvalue weighted by Crippen LogP contribution is -2.10. The maximum absolute atomic E-state index is 5.19. The summed E-state index contributed by atoms with van der Waals surface area (Å²) in [5.41, 5.74) is 5.07. The van der Waals surface area contributed by atoms with Crippen LogP contribution in [0.25, 0.3) is 0 Å². The lowest BCUT2D eigenvalue weighted by atomic mass is 10.0. The molecule has 1 aliphatic carbocycles. The van der Waals surface area contributed by atoms with Gasteiger partial charge >= 0.3 is 0 Å². The molecule has 5 heteroatoms. The zero-order chi connectivity index (χ0) is 25.0. The highest BCUT2D eigenvalue weighted by Crippen LogP contribution is 2.27. The number of ether oxygens (including phenoxy) is 1. The molecule has 2 N–H and O–H groups in total. The van der Waals surface area contributed by atoms with E-state index in [9.17, 15) is 0 Å². The van der Waals surface area contributed by atoms with Gasteiger partial charge < -0.3 is 19.8 Å². The van der Waals surface area contributed by atoms with Gasteiger partial charge in [0.2, 0.25) is 0 Å². The first kappa shape index (κ1) is 29.1. The maximum Gasteiger partial charge on any atom is 0.181 e. The third-order valence-corrected chi connectivity index (χ3v) is 5.13. The minimum Gasteiger partial charge on any atom is -0.471 e. The van der Waals surface area contributed by atoms with Gasteiger partial charge in [0.05, 0.1) is 11.4 Å². The monoisotopic (exact) mass is 467 g/mol. The topological polar surface area (TPSA) is 59.3 Å². The summed E-state index contributed by atoms with van der Waals surface area (Å²) in [5, 5.41) is 6.44. The van der Waals surface area contributed by atoms with Crippen LogP contribution in [0.3, 0.4) is 0 Å². The van der Waals surface area contributed by atoms with Gasteiger partial charge in [-0.3, -0.25) is 0 Å². The molecule has 2 aromatic carbocycles. The summed E-state index contributed by atoms with van der Waals surface area (Å²) in [4.78, 5) is 4.09. The van der Waals surface area contributed by atoms with E-state index in [-0.39, 0.29) is 0 Å². The number of aromatic nitrogens is 1. The smallest absolute Gasteiger partial charge is 0.181 e. The fourth-order valence-electron chi connectivity index (χ4n) is 3.62. The van der Waals surface area contributed by atoms with Gasteiger partial charge in [-0.2, -0.15) is 0 Å². The van der Waals surface area contributed by atoms with Crippen molar-refractivity contribution in [3.8, 4) is 5.75 Å². The van der Waals surface area contributed by atoms with Crippen LogP contribution in [0.2, 0.25) is 0 Å². The fourth-order valence-corrected chi connectivity index (χ4v) is 3.62. The minimum absolute atomic E-state index is 0.610. The first-order valence-electron chi connectivity index (χ1n) is 13.1. The number of benzene rings is 2. The summed E-state index contributed by atoms with van der Waals surface area (Å²) in [7, 11) is 0. The van der Waals surface area contributed by atoms with Crippen molar-refractivity contribution in [1.82, 2.24) is 4.98 Å². The zero-order valence-electron chi connectivity index (χ0n) is 22.1. The van der Waals surface area contributed by atoms with E-state index in [0.29, 0.717) is 6.73 Å². The molecule has 0 spiro atoms. The van der Waals surface area contributed by atoms with Gasteiger partial charge in [-0.25, -0.2) is 4.98 Å². The molecule has 5 nitrogen and oxygen atoms in total. The molecule has 3 heterocycles. The average molecular weight is 468 g/mol. The molecule has 188 valence electrons. The molecule has 3 aromatic rings. The van der Waals surface area contributed by atoms with Crippen LogP contribution in [0.4, 0.5) is 11.4 Å². The summed E-state index contributed by atoms with van der Waals surface area (Å²) in [6.45, 7) is 13.7. The Balaban J connectivity index is 0.000000230. The van der Waals surface area contributed by atoms with E-state index in [0.717, 1.165) is 36.6 Å². The van der Waals surface area contributed by atoms with Gasteiger partial charge in [0, 0.05) is 18.7 Å². The number of nitrogens with zero attached hydrogens (tertiary/aromatic N) is 1. The number of aryl methyl sites for hydroxylation is 3. The Labute approximate surface area is 207 Å². The van der Waals surface area contributed by atoms with Crippen LogP contribution in [0.5, 0.6) is 5.75 Å². The molecular formula is C29H45N3O2. The van der Waals surface area contributed by atoms with Gasteiger partial charge in [0.1, 0.15) is 11.5 Å². The lowest BCUT2D eigenvalue weighted by molar-refractivity contribution is 0.372. The Hall–Kier alpha value is -2.95. The molecule has 34 heavy (non-hydrogen) atoms. The second-order valence-electron chi connectivity index (χ2n) is 7.08. The standard InChI is InChI=1S/C9H11N.C7H9NO.C7H7NO.3C2H6/c1-2-6-9-8(4-1)5-3-7-10-9;2*1-2-4-7-6(3-1)8-5-9-7;3*1-2/h1-2,4,6,10H,3,5,7H2;5H,1-4H2;1-4,8H,5H2;3*1-2H3. The second kappa shape index (κ2) is 18.5. The normalized spacial score (nSPS) is 13.4. The number of para-hydroxylation sites is 3. The van der Waals surface area contributed by atoms with Crippen molar-refractivity contribution >= 4 is 11.4 Å². The van der Waals surface area contributed by atoms with Gasteiger partial charge in [-0.05, 0) is 55.9 Å². The first-order valence-corrected chi connectivity index (χ1v) is 13.1. The number of hydrogen-bond acceptors (Lipinski definition) is 5. The van der Waals surface area contributed by atoms with E-state index in [1.165, 1.54) is 42.6 Å². The highest BCUT2D eigenvalue weighted by molar-refractivity contribution is 5.58. The number of anilines is 2. The van der Waals surface area contributed by atoms with Crippen molar-refractivity contribution in [3.63, 3.8) is 0 Å². The van der Waals surface area contributed by atoms with Crippen molar-refractivity contribution < 1.29 is 9.15 Å². The summed E-state index contributed by atoms with van der Waals surface area (Å²) in [6.07, 6.45) is 8.82. The number of nitrogens with one attached hydrogen (secondary N) is 2. The number of rotatable bonds is 0. The highest BCUT2D eigenvalue weighted by Gasteiger charge is 2.12. The van der Waals surface area contributed by atoms with Crippen molar-refractivity contribution in [3.05, 3.63) is 71.9 Å². The molecule has 0 unspecified atom stereocenters. The Morgan fingerprint density at radius 3 is 2.09 bits per heavy atom. The van der Waals surface area contributed by atoms with Crippen molar-refractivity contribution in [2.45, 2.75) is 80.1 Å². The SMILES string of the molecule is CC.CC.CC.c1ccc2c(c1)CCCN2.c1ccc2c(c1)NCO2.c1nc2c(o1)CCCC2. The van der Waals surface area contributed by atoms with Gasteiger partial charge in [0.25, 0.3) is 0 Å². The molecule has 0 amide bonds. The van der Waals surface area contributed by atoms with E-state index in [1.807, 2.05) is 65.8 Å². The lowest BCUT2D eigenvalue weighted by Gasteiger charge is -2.16. The first-order chi connectivity index (χ1) is 16.9. The summed E-state index contributed by atoms with van der Waals surface area (Å²) in [6, 6.07) is 16.4. The van der Waals surface area contributed by atoms with Crippen LogP contribution < -0.4 is 15.4 Å². The predicted molar refractivity (Wildman–Crippen MR) is 146 cm³/mol. The molecule has 2 aliphatic heterocycles. The Bertz CT molecular complexity index is 824. The van der Waals surface area contributed by atoms with Gasteiger partial charge in [-0.15, -0.1) is 0 Å². The summed E-state index contributed by atoms with van der Waals surface area (Å²) >= 11 is 0. The largest absolute Gasteiger partial charge is 0.471 e. The molecule has 3 aliphatic rings. The van der Waals surface area contributed by atoms with Crippen LogP contribution in [0.1, 0.15) is 77.8 Å². The van der Waals surface area contributed by atoms with E-state index in [2.05, 4.69) is 39.9 Å². The van der Waals surface area contributed by atoms with Gasteiger partial charge in [-0.1, -0.05) is 71.9 Å². The Morgan fingerprint density at radius 2 is 1.38 bits per heavy atom. The molecule has 0 saturated heterocycles. The highest BCUT2D eigenvalue weighted by atomic mass is 16.5. The summed E-state index contributed by atoms with van der Waals surface area (Å²) in [5.74, 6) is 2.07. The quantitative estimate of drug-likeness (QED) is 0.349. The van der Waals surface area contributed by atoms with Crippen molar-refractivity contribution in [2.75, 3.05) is 23.9 Å². The van der Waals surface area contributed by atoms with Crippen LogP contribution in [-0.2, 0) is 19.3 Å². The molecule has 0 radical (unpaired) electrons. The van der Waals surface area contributed by atoms with Crippen molar-refractivity contribution in [2.24, 2.45) is 0 Å². The predicted octanol–water partition coefficient (Wildman–Crippen LogP) is 8.13. The minimum atomic E-state index is 0.610. The third-order valence-electron chi connectivity index (χ3n) is 5.13. The fraction of sp³-hybridized carbons (Fsp3) is 0.483. The maximum atomic E-state index is 5.19. The molecule has 0 atom stereocenters. The van der Waals surface area contributed by atoms with Crippen molar-refractivity contribution in [1.29, 1.82) is 0 Å². The molecule has 1 aromatic heterocycles. The molecule has 6 rings (SSSR count). The van der Waals surface area contributed by atoms with Crippen LogP contribution in [0.15, 0.2) is 59.3 Å². The molecular weight excluding hydrogens is 422 g/mol. The van der Waals surface area contributed by atoms with E-state index in [4.69, 9.17) is 9.15 Å². The molecule has 0 saturated carbocycles. The molecule has 0 fully saturated rings. The Morgan fingerprint density at radius 1 is 0.706 bits per heavy atom. The van der Waals surface area contributed by atoms with E-state index >= 15 is 0 Å². The van der Waals surface area contributed by atoms with Crippen LogP contribution in [-0.4, -0.2) is 18.3 Å². The van der Waals surface area contributed by atoms with E-state index in [1.54, 1.807) is 6.39 Å². The van der Waals surface area contributed by atoms with E-state index < -0.39 is 0 Å². The zero-order valence-corrected chi connectivity index (χ0v) is 22.1. The summed E-state index contributed by atoms with van der Waals surface area (Å²) < 4.78 is 10.3. The number of oxazole rings is 1. The van der Waals surface area contributed by atoms with Crippen LogP contribution in [0, 0.1) is 0 Å². The number of hydrogen-bond donors (Lipinski definition) is 2.